The van der Waals surface area contributed by atoms with Crippen molar-refractivity contribution in [3.05, 3.63) is 27.2 Å². The minimum atomic E-state index is -0.100. The number of halogens is 1. The molecule has 3 nitrogen and oxygen atoms in total. The van der Waals surface area contributed by atoms with E-state index in [1.807, 2.05) is 19.9 Å². The molecule has 0 spiro atoms. The van der Waals surface area contributed by atoms with Gasteiger partial charge in [0.1, 0.15) is 18.4 Å². The lowest BCUT2D eigenvalue weighted by molar-refractivity contribution is 0.0621. The van der Waals surface area contributed by atoms with E-state index in [2.05, 4.69) is 20.8 Å². The first kappa shape index (κ1) is 14.1. The van der Waals surface area contributed by atoms with Gasteiger partial charge in [0.25, 0.3) is 0 Å². The molecule has 2 aliphatic rings. The van der Waals surface area contributed by atoms with Crippen molar-refractivity contribution in [1.29, 1.82) is 0 Å². The van der Waals surface area contributed by atoms with Gasteiger partial charge in [-0.15, -0.1) is 0 Å². The van der Waals surface area contributed by atoms with Gasteiger partial charge >= 0.3 is 0 Å². The van der Waals surface area contributed by atoms with Crippen molar-refractivity contribution >= 4 is 21.7 Å². The normalized spacial score (nSPS) is 23.4. The highest BCUT2D eigenvalue weighted by Crippen LogP contribution is 2.36. The number of hydrogen-bond acceptors (Lipinski definition) is 3. The number of benzene rings is 1. The Balaban J connectivity index is 1.94. The Morgan fingerprint density at radius 1 is 1.20 bits per heavy atom. The lowest BCUT2D eigenvalue weighted by atomic mass is 9.94. The number of ketones is 1. The standard InChI is InChI=1S/C16H20BrNO2/c1-10-11(2)16-12(8-13(10)17)15(19)14(9-20-16)18-6-4-3-5-7-18/h8,14H,3-7,9H2,1-2H3. The maximum absolute atomic E-state index is 12.8. The van der Waals surface area contributed by atoms with Crippen LogP contribution in [0.25, 0.3) is 0 Å². The second-order valence-electron chi connectivity index (χ2n) is 5.77. The zero-order valence-electron chi connectivity index (χ0n) is 12.0. The Labute approximate surface area is 128 Å². The van der Waals surface area contributed by atoms with Gasteiger partial charge in [-0.05, 0) is 57.0 Å². The number of carbonyl (C=O) groups is 1. The quantitative estimate of drug-likeness (QED) is 0.785. The van der Waals surface area contributed by atoms with Crippen LogP contribution in [-0.4, -0.2) is 36.4 Å². The molecule has 1 aromatic rings. The van der Waals surface area contributed by atoms with E-state index < -0.39 is 0 Å². The number of fused-ring (bicyclic) bond motifs is 1. The summed E-state index contributed by atoms with van der Waals surface area (Å²) in [4.78, 5) is 15.1. The van der Waals surface area contributed by atoms with E-state index in [9.17, 15) is 4.79 Å². The van der Waals surface area contributed by atoms with E-state index in [0.717, 1.165) is 40.0 Å². The molecule has 0 N–H and O–H groups in total. The van der Waals surface area contributed by atoms with Gasteiger partial charge in [0.15, 0.2) is 5.78 Å². The lowest BCUT2D eigenvalue weighted by Crippen LogP contribution is -2.49. The molecule has 1 aromatic carbocycles. The van der Waals surface area contributed by atoms with E-state index in [-0.39, 0.29) is 11.8 Å². The molecule has 108 valence electrons. The highest BCUT2D eigenvalue weighted by atomic mass is 79.9. The monoisotopic (exact) mass is 337 g/mol. The maximum atomic E-state index is 12.8. The molecule has 1 unspecified atom stereocenters. The molecule has 1 saturated heterocycles. The third kappa shape index (κ3) is 2.29. The van der Waals surface area contributed by atoms with Crippen LogP contribution in [0.3, 0.4) is 0 Å². The number of rotatable bonds is 1. The van der Waals surface area contributed by atoms with Gasteiger partial charge in [-0.3, -0.25) is 9.69 Å². The molecule has 0 aliphatic carbocycles. The molecular weight excluding hydrogens is 318 g/mol. The summed E-state index contributed by atoms with van der Waals surface area (Å²) in [5, 5.41) is 0. The molecule has 0 radical (unpaired) electrons. The summed E-state index contributed by atoms with van der Waals surface area (Å²) >= 11 is 3.55. The van der Waals surface area contributed by atoms with Crippen molar-refractivity contribution in [2.75, 3.05) is 19.7 Å². The smallest absolute Gasteiger partial charge is 0.187 e. The summed E-state index contributed by atoms with van der Waals surface area (Å²) in [5.74, 6) is 1.00. The van der Waals surface area contributed by atoms with Crippen LogP contribution in [-0.2, 0) is 0 Å². The van der Waals surface area contributed by atoms with Crippen LogP contribution in [0.1, 0.15) is 40.7 Å². The third-order valence-electron chi connectivity index (χ3n) is 4.56. The minimum absolute atomic E-state index is 0.100. The van der Waals surface area contributed by atoms with E-state index in [1.165, 1.54) is 19.3 Å². The third-order valence-corrected chi connectivity index (χ3v) is 5.39. The van der Waals surface area contributed by atoms with Gasteiger partial charge in [0.05, 0.1) is 5.56 Å². The Kier molecular flexibility index (Phi) is 3.87. The molecule has 0 bridgehead atoms. The average molecular weight is 338 g/mol. The molecule has 20 heavy (non-hydrogen) atoms. The Hall–Kier alpha value is -0.870. The van der Waals surface area contributed by atoms with Crippen LogP contribution < -0.4 is 4.74 Å². The fraction of sp³-hybridized carbons (Fsp3) is 0.562. The van der Waals surface area contributed by atoms with Crippen LogP contribution in [0.5, 0.6) is 5.75 Å². The van der Waals surface area contributed by atoms with Crippen molar-refractivity contribution in [1.82, 2.24) is 4.90 Å². The number of nitrogens with zero attached hydrogens (tertiary/aromatic N) is 1. The fourth-order valence-corrected chi connectivity index (χ4v) is 3.67. The number of piperidine rings is 1. The highest BCUT2D eigenvalue weighted by molar-refractivity contribution is 9.10. The molecule has 0 saturated carbocycles. The lowest BCUT2D eigenvalue weighted by Gasteiger charge is -2.36. The van der Waals surface area contributed by atoms with Crippen LogP contribution in [0.15, 0.2) is 10.5 Å². The average Bonchev–Trinajstić information content (AvgIpc) is 2.47. The van der Waals surface area contributed by atoms with E-state index in [0.29, 0.717) is 6.61 Å². The van der Waals surface area contributed by atoms with Crippen molar-refractivity contribution in [2.24, 2.45) is 0 Å². The zero-order chi connectivity index (χ0) is 14.3. The second-order valence-corrected chi connectivity index (χ2v) is 6.63. The molecule has 4 heteroatoms. The predicted molar refractivity (Wildman–Crippen MR) is 82.7 cm³/mol. The van der Waals surface area contributed by atoms with Gasteiger partial charge in [0.2, 0.25) is 0 Å². The van der Waals surface area contributed by atoms with Crippen LogP contribution in [0, 0.1) is 13.8 Å². The maximum Gasteiger partial charge on any atom is 0.187 e. The van der Waals surface area contributed by atoms with E-state index in [4.69, 9.17) is 4.74 Å². The summed E-state index contributed by atoms with van der Waals surface area (Å²) in [6.07, 6.45) is 3.65. The zero-order valence-corrected chi connectivity index (χ0v) is 13.6. The molecule has 0 aromatic heterocycles. The first-order chi connectivity index (χ1) is 9.59. The van der Waals surface area contributed by atoms with E-state index >= 15 is 0 Å². The minimum Gasteiger partial charge on any atom is -0.490 e. The summed E-state index contributed by atoms with van der Waals surface area (Å²) in [6.45, 7) is 6.59. The van der Waals surface area contributed by atoms with Gasteiger partial charge < -0.3 is 4.74 Å². The van der Waals surface area contributed by atoms with Crippen LogP contribution in [0.4, 0.5) is 0 Å². The van der Waals surface area contributed by atoms with Crippen molar-refractivity contribution in [3.63, 3.8) is 0 Å². The number of likely N-dealkylation sites (tertiary alicyclic amines) is 1. The Bertz CT molecular complexity index is 550. The van der Waals surface area contributed by atoms with Crippen molar-refractivity contribution in [3.8, 4) is 5.75 Å². The molecule has 2 aliphatic heterocycles. The first-order valence-corrected chi connectivity index (χ1v) is 8.09. The van der Waals surface area contributed by atoms with Gasteiger partial charge in [-0.2, -0.15) is 0 Å². The van der Waals surface area contributed by atoms with Crippen molar-refractivity contribution < 1.29 is 9.53 Å². The summed E-state index contributed by atoms with van der Waals surface area (Å²) in [5.41, 5.74) is 2.95. The highest BCUT2D eigenvalue weighted by Gasteiger charge is 2.35. The molecular formula is C16H20BrNO2. The number of carbonyl (C=O) groups excluding carboxylic acids is 1. The van der Waals surface area contributed by atoms with Crippen LogP contribution >= 0.6 is 15.9 Å². The Morgan fingerprint density at radius 3 is 2.60 bits per heavy atom. The first-order valence-electron chi connectivity index (χ1n) is 7.30. The molecule has 0 amide bonds. The predicted octanol–water partition coefficient (Wildman–Crippen LogP) is 3.50. The molecule has 3 rings (SSSR count). The number of Topliss-reactive ketones (excluding diaryl/α,β-unsaturated/α-hetero) is 1. The van der Waals surface area contributed by atoms with Gasteiger partial charge in [0, 0.05) is 4.47 Å². The van der Waals surface area contributed by atoms with Gasteiger partial charge in [-0.1, -0.05) is 22.4 Å². The summed E-state index contributed by atoms with van der Waals surface area (Å²) in [6, 6.07) is 1.83. The SMILES string of the molecule is Cc1c(Br)cc2c(c1C)OCC(N1CCCCC1)C2=O. The molecule has 1 atom stereocenters. The second kappa shape index (κ2) is 5.49. The topological polar surface area (TPSA) is 29.5 Å². The number of hydrogen-bond donors (Lipinski definition) is 0. The Morgan fingerprint density at radius 2 is 1.90 bits per heavy atom. The summed E-state index contributed by atoms with van der Waals surface area (Å²) < 4.78 is 6.93. The van der Waals surface area contributed by atoms with Crippen molar-refractivity contribution in [2.45, 2.75) is 39.2 Å². The van der Waals surface area contributed by atoms with Gasteiger partial charge in [-0.25, -0.2) is 0 Å². The van der Waals surface area contributed by atoms with E-state index in [1.54, 1.807) is 0 Å². The summed E-state index contributed by atoms with van der Waals surface area (Å²) in [7, 11) is 0. The number of ether oxygens (including phenoxy) is 1. The molecule has 1 fully saturated rings. The largest absolute Gasteiger partial charge is 0.490 e. The molecule has 2 heterocycles. The fourth-order valence-electron chi connectivity index (χ4n) is 3.14. The van der Waals surface area contributed by atoms with Crippen LogP contribution in [0.2, 0.25) is 0 Å².